The molecule has 2 aromatic carbocycles. The monoisotopic (exact) mass is 255 g/mol. The summed E-state index contributed by atoms with van der Waals surface area (Å²) in [5.41, 5.74) is 2.30. The van der Waals surface area contributed by atoms with Crippen molar-refractivity contribution in [1.82, 2.24) is 15.1 Å². The molecule has 1 N–H and O–H groups in total. The Morgan fingerprint density at radius 3 is 2.84 bits per heavy atom. The van der Waals surface area contributed by atoms with Gasteiger partial charge in [0, 0.05) is 11.9 Å². The summed E-state index contributed by atoms with van der Waals surface area (Å²) in [5.74, 6) is -0.262. The minimum atomic E-state index is -0.262. The van der Waals surface area contributed by atoms with Gasteiger partial charge in [0.25, 0.3) is 0 Å². The Morgan fingerprint density at radius 1 is 1.21 bits per heavy atom. The number of halogens is 1. The lowest BCUT2D eigenvalue weighted by Gasteiger charge is -2.07. The second-order valence-electron chi connectivity index (χ2n) is 4.43. The molecule has 0 amide bonds. The molecule has 0 unspecified atom stereocenters. The van der Waals surface area contributed by atoms with E-state index in [2.05, 4.69) is 10.4 Å². The minimum Gasteiger partial charge on any atom is -0.316 e. The van der Waals surface area contributed by atoms with Gasteiger partial charge in [-0.1, -0.05) is 24.3 Å². The van der Waals surface area contributed by atoms with Gasteiger partial charge in [-0.3, -0.25) is 0 Å². The average Bonchev–Trinajstić information content (AvgIpc) is 2.83. The highest BCUT2D eigenvalue weighted by molar-refractivity contribution is 5.80. The lowest BCUT2D eigenvalue weighted by Crippen LogP contribution is -2.06. The molecule has 0 saturated heterocycles. The van der Waals surface area contributed by atoms with Crippen LogP contribution in [0.5, 0.6) is 0 Å². The first-order valence-corrected chi connectivity index (χ1v) is 6.16. The predicted molar refractivity (Wildman–Crippen MR) is 73.8 cm³/mol. The third-order valence-electron chi connectivity index (χ3n) is 3.10. The van der Waals surface area contributed by atoms with Crippen LogP contribution < -0.4 is 5.32 Å². The maximum atomic E-state index is 14.2. The van der Waals surface area contributed by atoms with Crippen molar-refractivity contribution in [2.24, 2.45) is 0 Å². The second-order valence-corrected chi connectivity index (χ2v) is 4.43. The smallest absolute Gasteiger partial charge is 0.149 e. The van der Waals surface area contributed by atoms with Crippen LogP contribution in [0.3, 0.4) is 0 Å². The van der Waals surface area contributed by atoms with Gasteiger partial charge in [0.05, 0.1) is 11.7 Å². The highest BCUT2D eigenvalue weighted by Gasteiger charge is 2.09. The van der Waals surface area contributed by atoms with Gasteiger partial charge in [-0.2, -0.15) is 5.10 Å². The standard InChI is InChI=1S/C15H14FN3/c1-17-9-11-6-7-15(13(16)8-11)19-14-5-3-2-4-12(14)10-18-19/h2-8,10,17H,9H2,1H3. The molecule has 0 aliphatic carbocycles. The van der Waals surface area contributed by atoms with E-state index in [1.165, 1.54) is 0 Å². The first kappa shape index (κ1) is 11.9. The SMILES string of the molecule is CNCc1ccc(-n2ncc3ccccc32)c(F)c1. The summed E-state index contributed by atoms with van der Waals surface area (Å²) in [6.07, 6.45) is 1.75. The van der Waals surface area contributed by atoms with E-state index in [4.69, 9.17) is 0 Å². The Bertz CT molecular complexity index is 718. The summed E-state index contributed by atoms with van der Waals surface area (Å²) in [7, 11) is 1.84. The van der Waals surface area contributed by atoms with Gasteiger partial charge in [-0.15, -0.1) is 0 Å². The Morgan fingerprint density at radius 2 is 2.05 bits per heavy atom. The van der Waals surface area contributed by atoms with Gasteiger partial charge in [-0.25, -0.2) is 9.07 Å². The van der Waals surface area contributed by atoms with Crippen LogP contribution in [0.4, 0.5) is 4.39 Å². The van der Waals surface area contributed by atoms with E-state index in [-0.39, 0.29) is 5.82 Å². The molecule has 0 spiro atoms. The van der Waals surface area contributed by atoms with E-state index in [0.29, 0.717) is 12.2 Å². The Hall–Kier alpha value is -2.20. The van der Waals surface area contributed by atoms with E-state index in [0.717, 1.165) is 16.5 Å². The molecule has 1 heterocycles. The van der Waals surface area contributed by atoms with Crippen LogP contribution in [0.2, 0.25) is 0 Å². The summed E-state index contributed by atoms with van der Waals surface area (Å²) in [5, 5.41) is 8.27. The largest absolute Gasteiger partial charge is 0.316 e. The van der Waals surface area contributed by atoms with Crippen LogP contribution in [0.1, 0.15) is 5.56 Å². The molecule has 0 saturated carbocycles. The van der Waals surface area contributed by atoms with Crippen LogP contribution in [0, 0.1) is 5.82 Å². The van der Waals surface area contributed by atoms with Crippen molar-refractivity contribution < 1.29 is 4.39 Å². The first-order chi connectivity index (χ1) is 9.29. The molecule has 0 radical (unpaired) electrons. The number of fused-ring (bicyclic) bond motifs is 1. The molecule has 3 nitrogen and oxygen atoms in total. The topological polar surface area (TPSA) is 29.9 Å². The van der Waals surface area contributed by atoms with E-state index >= 15 is 0 Å². The molecule has 19 heavy (non-hydrogen) atoms. The lowest BCUT2D eigenvalue weighted by atomic mass is 10.2. The Labute approximate surface area is 110 Å². The minimum absolute atomic E-state index is 0.262. The summed E-state index contributed by atoms with van der Waals surface area (Å²) >= 11 is 0. The zero-order valence-electron chi connectivity index (χ0n) is 10.6. The number of benzene rings is 2. The molecule has 3 rings (SSSR count). The van der Waals surface area contributed by atoms with Gasteiger partial charge in [-0.05, 0) is 30.8 Å². The molecular weight excluding hydrogens is 241 g/mol. The van der Waals surface area contributed by atoms with Crippen molar-refractivity contribution in [2.75, 3.05) is 7.05 Å². The van der Waals surface area contributed by atoms with Crippen molar-refractivity contribution in [3.63, 3.8) is 0 Å². The van der Waals surface area contributed by atoms with Gasteiger partial charge in [0.2, 0.25) is 0 Å². The van der Waals surface area contributed by atoms with Crippen molar-refractivity contribution in [3.05, 3.63) is 60.0 Å². The highest BCUT2D eigenvalue weighted by atomic mass is 19.1. The molecule has 0 fully saturated rings. The zero-order chi connectivity index (χ0) is 13.2. The van der Waals surface area contributed by atoms with E-state index in [1.807, 2.05) is 37.4 Å². The van der Waals surface area contributed by atoms with E-state index in [9.17, 15) is 4.39 Å². The van der Waals surface area contributed by atoms with Crippen LogP contribution in [-0.4, -0.2) is 16.8 Å². The summed E-state index contributed by atoms with van der Waals surface area (Å²) in [6, 6.07) is 13.0. The normalized spacial score (nSPS) is 11.1. The van der Waals surface area contributed by atoms with Crippen LogP contribution in [-0.2, 0) is 6.54 Å². The van der Waals surface area contributed by atoms with Crippen molar-refractivity contribution >= 4 is 10.9 Å². The summed E-state index contributed by atoms with van der Waals surface area (Å²) in [6.45, 7) is 0.650. The molecule has 0 aliphatic heterocycles. The maximum Gasteiger partial charge on any atom is 0.149 e. The van der Waals surface area contributed by atoms with Crippen molar-refractivity contribution in [1.29, 1.82) is 0 Å². The number of nitrogens with one attached hydrogen (secondary N) is 1. The Balaban J connectivity index is 2.11. The third kappa shape index (κ3) is 2.11. The molecule has 0 aliphatic rings. The molecule has 96 valence electrons. The van der Waals surface area contributed by atoms with Gasteiger partial charge >= 0.3 is 0 Å². The van der Waals surface area contributed by atoms with E-state index < -0.39 is 0 Å². The number of hydrogen-bond acceptors (Lipinski definition) is 2. The zero-order valence-corrected chi connectivity index (χ0v) is 10.6. The fourth-order valence-corrected chi connectivity index (χ4v) is 2.20. The molecule has 0 atom stereocenters. The highest BCUT2D eigenvalue weighted by Crippen LogP contribution is 2.20. The maximum absolute atomic E-state index is 14.2. The number of rotatable bonds is 3. The van der Waals surface area contributed by atoms with Gasteiger partial charge in [0.15, 0.2) is 0 Å². The third-order valence-corrected chi connectivity index (χ3v) is 3.10. The second kappa shape index (κ2) is 4.82. The fourth-order valence-electron chi connectivity index (χ4n) is 2.20. The average molecular weight is 255 g/mol. The summed E-state index contributed by atoms with van der Waals surface area (Å²) < 4.78 is 15.8. The lowest BCUT2D eigenvalue weighted by molar-refractivity contribution is 0.609. The number of hydrogen-bond donors (Lipinski definition) is 1. The van der Waals surface area contributed by atoms with Gasteiger partial charge < -0.3 is 5.32 Å². The fraction of sp³-hybridized carbons (Fsp3) is 0.133. The van der Waals surface area contributed by atoms with E-state index in [1.54, 1.807) is 23.0 Å². The molecule has 3 aromatic rings. The number of aromatic nitrogens is 2. The van der Waals surface area contributed by atoms with Crippen molar-refractivity contribution in [2.45, 2.75) is 6.54 Å². The Kier molecular flexibility index (Phi) is 3.01. The number of para-hydroxylation sites is 1. The predicted octanol–water partition coefficient (Wildman–Crippen LogP) is 2.88. The van der Waals surface area contributed by atoms with Crippen LogP contribution in [0.15, 0.2) is 48.7 Å². The van der Waals surface area contributed by atoms with Crippen LogP contribution >= 0.6 is 0 Å². The van der Waals surface area contributed by atoms with Crippen LogP contribution in [0.25, 0.3) is 16.6 Å². The molecule has 1 aromatic heterocycles. The molecule has 0 bridgehead atoms. The summed E-state index contributed by atoms with van der Waals surface area (Å²) in [4.78, 5) is 0. The van der Waals surface area contributed by atoms with Gasteiger partial charge in [0.1, 0.15) is 11.5 Å². The first-order valence-electron chi connectivity index (χ1n) is 6.16. The number of nitrogens with zero attached hydrogens (tertiary/aromatic N) is 2. The van der Waals surface area contributed by atoms with Crippen molar-refractivity contribution in [3.8, 4) is 5.69 Å². The molecular formula is C15H14FN3. The quantitative estimate of drug-likeness (QED) is 0.780. The molecule has 4 heteroatoms.